The average molecular weight is 361 g/mol. The Morgan fingerprint density at radius 2 is 1.74 bits per heavy atom. The monoisotopic (exact) mass is 361 g/mol. The molecule has 1 N–H and O–H groups in total. The molecule has 3 aromatic rings. The van der Waals surface area contributed by atoms with Crippen LogP contribution in [0.5, 0.6) is 0 Å². The predicted octanol–water partition coefficient (Wildman–Crippen LogP) is 5.29. The van der Waals surface area contributed by atoms with Crippen LogP contribution in [0.25, 0.3) is 22.1 Å². The molecule has 4 heteroatoms. The normalized spacial score (nSPS) is 15.0. The zero-order chi connectivity index (χ0) is 18.8. The first-order valence-electron chi connectivity index (χ1n) is 9.58. The molecule has 4 nitrogen and oxygen atoms in total. The average Bonchev–Trinajstić information content (AvgIpc) is 2.70. The number of hydrogen-bond acceptors (Lipinski definition) is 3. The van der Waals surface area contributed by atoms with Crippen LogP contribution in [0, 0.1) is 12.8 Å². The van der Waals surface area contributed by atoms with Crippen molar-refractivity contribution < 1.29 is 9.21 Å². The van der Waals surface area contributed by atoms with E-state index in [9.17, 15) is 9.59 Å². The van der Waals surface area contributed by atoms with Gasteiger partial charge in [0.15, 0.2) is 0 Å². The van der Waals surface area contributed by atoms with Crippen LogP contribution >= 0.6 is 0 Å². The number of hydrogen-bond donors (Lipinski definition) is 1. The predicted molar refractivity (Wildman–Crippen MR) is 108 cm³/mol. The SMILES string of the molecule is Cc1cccc2c(=O)c(-c3ccccc3)c(NC(=O)C3CCCCC3)oc12. The lowest BCUT2D eigenvalue weighted by molar-refractivity contribution is -0.120. The number of anilines is 1. The third-order valence-corrected chi connectivity index (χ3v) is 5.39. The van der Waals surface area contributed by atoms with Crippen LogP contribution in [0.15, 0.2) is 57.7 Å². The van der Waals surface area contributed by atoms with Crippen LogP contribution in [0.2, 0.25) is 0 Å². The Balaban J connectivity index is 1.85. The number of aryl methyl sites for hydroxylation is 1. The molecule has 0 radical (unpaired) electrons. The van der Waals surface area contributed by atoms with E-state index in [0.717, 1.165) is 36.8 Å². The van der Waals surface area contributed by atoms with Gasteiger partial charge in [0.25, 0.3) is 0 Å². The summed E-state index contributed by atoms with van der Waals surface area (Å²) in [5.41, 5.74) is 2.44. The van der Waals surface area contributed by atoms with Crippen molar-refractivity contribution >= 4 is 22.8 Å². The van der Waals surface area contributed by atoms with Crippen LogP contribution < -0.4 is 10.7 Å². The fourth-order valence-corrected chi connectivity index (χ4v) is 3.89. The molecule has 0 bridgehead atoms. The Labute approximate surface area is 158 Å². The van der Waals surface area contributed by atoms with Crippen molar-refractivity contribution in [2.75, 3.05) is 5.32 Å². The molecular formula is C23H23NO3. The van der Waals surface area contributed by atoms with E-state index >= 15 is 0 Å². The molecule has 0 atom stereocenters. The van der Waals surface area contributed by atoms with Crippen LogP contribution in [0.3, 0.4) is 0 Å². The molecule has 4 rings (SSSR count). The first-order valence-corrected chi connectivity index (χ1v) is 9.58. The third kappa shape index (κ3) is 3.39. The maximum Gasteiger partial charge on any atom is 0.229 e. The second kappa shape index (κ2) is 7.39. The molecule has 1 saturated carbocycles. The molecule has 0 aliphatic heterocycles. The van der Waals surface area contributed by atoms with Gasteiger partial charge in [-0.15, -0.1) is 0 Å². The number of carbonyl (C=O) groups excluding carboxylic acids is 1. The summed E-state index contributed by atoms with van der Waals surface area (Å²) in [6.07, 6.45) is 5.12. The highest BCUT2D eigenvalue weighted by atomic mass is 16.4. The number of rotatable bonds is 3. The summed E-state index contributed by atoms with van der Waals surface area (Å²) in [6.45, 7) is 1.90. The highest BCUT2D eigenvalue weighted by molar-refractivity contribution is 5.97. The van der Waals surface area contributed by atoms with Gasteiger partial charge in [-0.1, -0.05) is 61.7 Å². The summed E-state index contributed by atoms with van der Waals surface area (Å²) >= 11 is 0. The summed E-state index contributed by atoms with van der Waals surface area (Å²) in [5.74, 6) is 0.187. The van der Waals surface area contributed by atoms with Gasteiger partial charge in [0.2, 0.25) is 17.2 Å². The van der Waals surface area contributed by atoms with Crippen molar-refractivity contribution in [1.29, 1.82) is 0 Å². The molecule has 1 aliphatic rings. The molecule has 1 amide bonds. The Hall–Kier alpha value is -2.88. The van der Waals surface area contributed by atoms with Gasteiger partial charge in [-0.3, -0.25) is 14.9 Å². The van der Waals surface area contributed by atoms with Gasteiger partial charge in [-0.05, 0) is 37.0 Å². The molecule has 1 aliphatic carbocycles. The lowest BCUT2D eigenvalue weighted by Crippen LogP contribution is -2.26. The molecule has 1 heterocycles. The lowest BCUT2D eigenvalue weighted by atomic mass is 9.88. The van der Waals surface area contributed by atoms with Crippen LogP contribution in [-0.2, 0) is 4.79 Å². The summed E-state index contributed by atoms with van der Waals surface area (Å²) in [4.78, 5) is 26.1. The van der Waals surface area contributed by atoms with Gasteiger partial charge >= 0.3 is 0 Å². The third-order valence-electron chi connectivity index (χ3n) is 5.39. The van der Waals surface area contributed by atoms with E-state index in [1.807, 2.05) is 49.4 Å². The molecule has 1 aromatic heterocycles. The lowest BCUT2D eigenvalue weighted by Gasteiger charge is -2.21. The maximum absolute atomic E-state index is 13.2. The quantitative estimate of drug-likeness (QED) is 0.690. The van der Waals surface area contributed by atoms with Crippen molar-refractivity contribution in [3.63, 3.8) is 0 Å². The number of amides is 1. The molecule has 0 spiro atoms. The van der Waals surface area contributed by atoms with Gasteiger partial charge in [-0.25, -0.2) is 0 Å². The van der Waals surface area contributed by atoms with Gasteiger partial charge in [0, 0.05) is 5.92 Å². The number of carbonyl (C=O) groups is 1. The van der Waals surface area contributed by atoms with Crippen molar-refractivity contribution in [2.45, 2.75) is 39.0 Å². The Bertz CT molecular complexity index is 1030. The second-order valence-electron chi connectivity index (χ2n) is 7.28. The van der Waals surface area contributed by atoms with E-state index in [1.54, 1.807) is 6.07 Å². The fourth-order valence-electron chi connectivity index (χ4n) is 3.89. The zero-order valence-corrected chi connectivity index (χ0v) is 15.5. The van der Waals surface area contributed by atoms with Gasteiger partial charge in [0.1, 0.15) is 5.58 Å². The number of nitrogens with one attached hydrogen (secondary N) is 1. The standard InChI is InChI=1S/C23H23NO3/c1-15-9-8-14-18-20(25)19(16-10-4-2-5-11-16)23(27-21(15)18)24-22(26)17-12-6-3-7-13-17/h2,4-5,8-11,14,17H,3,6-7,12-13H2,1H3,(H,24,26). The summed E-state index contributed by atoms with van der Waals surface area (Å²) in [5, 5.41) is 3.47. The molecule has 27 heavy (non-hydrogen) atoms. The summed E-state index contributed by atoms with van der Waals surface area (Å²) in [7, 11) is 0. The summed E-state index contributed by atoms with van der Waals surface area (Å²) in [6, 6.07) is 14.9. The van der Waals surface area contributed by atoms with E-state index in [1.165, 1.54) is 6.42 Å². The van der Waals surface area contributed by atoms with E-state index in [0.29, 0.717) is 16.5 Å². The number of fused-ring (bicyclic) bond motifs is 1. The van der Waals surface area contributed by atoms with Gasteiger partial charge in [-0.2, -0.15) is 0 Å². The topological polar surface area (TPSA) is 59.3 Å². The fraction of sp³-hybridized carbons (Fsp3) is 0.304. The van der Waals surface area contributed by atoms with Crippen molar-refractivity contribution in [3.05, 3.63) is 64.3 Å². The van der Waals surface area contributed by atoms with Crippen LogP contribution in [0.4, 0.5) is 5.88 Å². The van der Waals surface area contributed by atoms with E-state index in [4.69, 9.17) is 4.42 Å². The first-order chi connectivity index (χ1) is 13.1. The Morgan fingerprint density at radius 1 is 1.00 bits per heavy atom. The maximum atomic E-state index is 13.2. The first kappa shape index (κ1) is 17.5. The molecule has 138 valence electrons. The molecule has 0 unspecified atom stereocenters. The zero-order valence-electron chi connectivity index (χ0n) is 15.5. The molecule has 0 saturated heterocycles. The highest BCUT2D eigenvalue weighted by Crippen LogP contribution is 2.31. The number of para-hydroxylation sites is 1. The minimum Gasteiger partial charge on any atom is -0.439 e. The summed E-state index contributed by atoms with van der Waals surface area (Å²) < 4.78 is 6.09. The molecule has 2 aromatic carbocycles. The van der Waals surface area contributed by atoms with Crippen molar-refractivity contribution in [3.8, 4) is 11.1 Å². The van der Waals surface area contributed by atoms with Gasteiger partial charge < -0.3 is 4.42 Å². The minimum absolute atomic E-state index is 0.0137. The van der Waals surface area contributed by atoms with Crippen LogP contribution in [-0.4, -0.2) is 5.91 Å². The molecular weight excluding hydrogens is 338 g/mol. The Morgan fingerprint density at radius 3 is 2.48 bits per heavy atom. The van der Waals surface area contributed by atoms with Crippen molar-refractivity contribution in [1.82, 2.24) is 0 Å². The van der Waals surface area contributed by atoms with E-state index in [2.05, 4.69) is 5.32 Å². The van der Waals surface area contributed by atoms with E-state index < -0.39 is 0 Å². The highest BCUT2D eigenvalue weighted by Gasteiger charge is 2.24. The largest absolute Gasteiger partial charge is 0.439 e. The second-order valence-corrected chi connectivity index (χ2v) is 7.28. The van der Waals surface area contributed by atoms with E-state index in [-0.39, 0.29) is 23.1 Å². The van der Waals surface area contributed by atoms with Gasteiger partial charge in [0.05, 0.1) is 10.9 Å². The van der Waals surface area contributed by atoms with Crippen molar-refractivity contribution in [2.24, 2.45) is 5.92 Å². The van der Waals surface area contributed by atoms with Crippen LogP contribution in [0.1, 0.15) is 37.7 Å². The minimum atomic E-state index is -0.120. The number of benzene rings is 2. The molecule has 1 fully saturated rings. The Kier molecular flexibility index (Phi) is 4.80. The smallest absolute Gasteiger partial charge is 0.229 e.